The summed E-state index contributed by atoms with van der Waals surface area (Å²) in [4.78, 5) is 32.6. The molecule has 1 aromatic carbocycles. The number of aryl methyl sites for hydroxylation is 5. The van der Waals surface area contributed by atoms with E-state index in [1.165, 1.54) is 119 Å². The number of rotatable bonds is 27. The van der Waals surface area contributed by atoms with Crippen LogP contribution < -0.4 is 37.7 Å². The van der Waals surface area contributed by atoms with E-state index in [-0.39, 0.29) is 12.1 Å². The van der Waals surface area contributed by atoms with E-state index in [4.69, 9.17) is 41.8 Å². The zero-order chi connectivity index (χ0) is 89.8. The van der Waals surface area contributed by atoms with Gasteiger partial charge in [0.1, 0.15) is 5.52 Å². The van der Waals surface area contributed by atoms with E-state index in [0.29, 0.717) is 24.4 Å². The van der Waals surface area contributed by atoms with Crippen molar-refractivity contribution in [1.82, 2.24) is 92.0 Å². The molecular formula is C97H133N27O. The Labute approximate surface area is 738 Å². The summed E-state index contributed by atoms with van der Waals surface area (Å²) in [6.07, 6.45) is 61.7. The molecule has 1 fully saturated rings. The molecule has 28 nitrogen and oxygen atoms in total. The monoisotopic (exact) mass is 1690 g/mol. The van der Waals surface area contributed by atoms with E-state index < -0.39 is 0 Å². The molecule has 8 aromatic heterocycles. The number of allylic oxidation sites excluding steroid dienone is 10. The molecule has 14 rings (SSSR count). The first-order chi connectivity index (χ1) is 60.9. The molecule has 5 aliphatic rings. The van der Waals surface area contributed by atoms with Crippen LogP contribution in [0.4, 0.5) is 11.6 Å². The molecule has 4 aliphatic heterocycles. The predicted octanol–water partition coefficient (Wildman–Crippen LogP) is 19.0. The summed E-state index contributed by atoms with van der Waals surface area (Å²) in [5.74, 6) is 1.91. The van der Waals surface area contributed by atoms with Crippen LogP contribution in [0.5, 0.6) is 0 Å². The van der Waals surface area contributed by atoms with Crippen molar-refractivity contribution in [1.29, 1.82) is 10.7 Å². The molecule has 0 spiro atoms. The second-order valence-electron chi connectivity index (χ2n) is 30.8. The molecule has 0 bridgehead atoms. The summed E-state index contributed by atoms with van der Waals surface area (Å²) in [6, 6.07) is 4.66. The Morgan fingerprint density at radius 2 is 1.54 bits per heavy atom. The second kappa shape index (κ2) is 52.2. The number of amidine groups is 1. The van der Waals surface area contributed by atoms with E-state index in [0.717, 1.165) is 199 Å². The lowest BCUT2D eigenvalue weighted by molar-refractivity contribution is 0.122. The van der Waals surface area contributed by atoms with Crippen LogP contribution in [-0.2, 0) is 24.0 Å². The van der Waals surface area contributed by atoms with Crippen molar-refractivity contribution >= 4 is 69.9 Å². The molecule has 2 unspecified atom stereocenters. The van der Waals surface area contributed by atoms with Crippen molar-refractivity contribution in [3.63, 3.8) is 0 Å². The number of anilines is 2. The highest BCUT2D eigenvalue weighted by atomic mass is 16.5. The van der Waals surface area contributed by atoms with E-state index in [9.17, 15) is 0 Å². The maximum absolute atomic E-state index is 6.88. The van der Waals surface area contributed by atoms with Gasteiger partial charge in [0.05, 0.1) is 121 Å². The number of fused-ring (bicyclic) bond motifs is 5. The van der Waals surface area contributed by atoms with Gasteiger partial charge < -0.3 is 57.9 Å². The number of hydrogen-bond acceptors (Lipinski definition) is 21. The number of nitrogens with zero attached hydrogens (tertiary/aromatic N) is 13. The fourth-order valence-electron chi connectivity index (χ4n) is 14.9. The predicted molar refractivity (Wildman–Crippen MR) is 517 cm³/mol. The highest BCUT2D eigenvalue weighted by molar-refractivity contribution is 6.13. The number of benzene rings is 1. The van der Waals surface area contributed by atoms with Crippen LogP contribution in [0.1, 0.15) is 234 Å². The molecular weight excluding hydrogens is 1560 g/mol. The summed E-state index contributed by atoms with van der Waals surface area (Å²) in [5.41, 5.74) is 45.7. The minimum absolute atomic E-state index is 0.0944. The Kier molecular flexibility index (Phi) is 40.6. The standard InChI is InChI=1S/C22H26N6O.C19H25N5.C19H27N5.C18H25N5.C11H18N2.C7H11N3.CHN/c1-13-16(12-23-27-13)20-15-5-3-2-4-14(15)19-17(24-20)6-7-18-21(19)26-22(25-18)28-8-10-29-11-9-28;1-5-7-15-13(3)16-10-12(2)23-20-9-6-8-18(16)22-19(15)17-11-21-24-14(17)4;1-5-8-16(6-2)19(18-13-22-24-14(18)3)23-17-9-7-11-20-15(4)21-12-10-17;1-4-6-7-8-9-17(15-12-22-23-14(15)3)19-11-10-18-16(5-2)20-13-21-18;1-3-4-5-6-7-8-11-9-12-13-10(11)2;1-2-7(10)6(5-9)3-4-8;1-2/h6-7,12,20,24H,2-5,8-11H2,1H3,(H,23,27)(H,25,26);6,8,11,20H,5,7,9-10H2,1-4H3,(H,21,24);6-7,9-10,13H,5,8,11-12H2,1-4H3,(H,20,21)(H,22,24);5,8-13,17,19H,2,4,6-7H2,1,3H3,(H,20,21)(H,22,23);6-7,9H,3-5,8H2,1-2H3,(H,12,13);2-5,9H,1,8,10H2;1H/b;8-6-,23-12-;9-7?,16-6+,17-10+,23-19-;9-8+,11-10+;7-6+;4-3+,7-6-,9-5?;. The first-order valence-corrected chi connectivity index (χ1v) is 43.7. The molecule has 9 aromatic rings. The number of aromatic amines is 7. The number of pyridine rings is 1. The highest BCUT2D eigenvalue weighted by Crippen LogP contribution is 2.49. The number of nitrogens with one attached hydrogen (secondary N) is 12. The second-order valence-corrected chi connectivity index (χ2v) is 30.8. The number of aromatic nitrogens is 15. The Morgan fingerprint density at radius 1 is 0.808 bits per heavy atom. The molecule has 1 saturated heterocycles. The van der Waals surface area contributed by atoms with E-state index >= 15 is 0 Å². The Bertz CT molecular complexity index is 5370. The molecule has 12 heterocycles. The topological polar surface area (TPSA) is 411 Å². The van der Waals surface area contributed by atoms with E-state index in [1.54, 1.807) is 18.5 Å². The largest absolute Gasteiger partial charge is 0.405 e. The Balaban J connectivity index is 0.000000190. The van der Waals surface area contributed by atoms with Gasteiger partial charge in [-0.15, -0.1) is 0 Å². The maximum Gasteiger partial charge on any atom is 0.204 e. The summed E-state index contributed by atoms with van der Waals surface area (Å²) in [6.45, 7) is 43.5. The fraction of sp³-hybridized carbons (Fsp3) is 0.392. The highest BCUT2D eigenvalue weighted by Gasteiger charge is 2.33. The van der Waals surface area contributed by atoms with Crippen molar-refractivity contribution < 1.29 is 4.74 Å². The summed E-state index contributed by atoms with van der Waals surface area (Å²) >= 11 is 0. The van der Waals surface area contributed by atoms with Gasteiger partial charge in [-0.2, -0.15) is 30.6 Å². The van der Waals surface area contributed by atoms with Gasteiger partial charge in [0, 0.05) is 118 Å². The number of morpholine rings is 1. The quantitative estimate of drug-likeness (QED) is 0.00984. The molecule has 0 saturated carbocycles. The summed E-state index contributed by atoms with van der Waals surface area (Å²) < 4.78 is 5.50. The molecule has 1 aliphatic carbocycles. The maximum atomic E-state index is 6.88. The smallest absolute Gasteiger partial charge is 0.204 e. The minimum Gasteiger partial charge on any atom is -0.405 e. The van der Waals surface area contributed by atoms with Crippen LogP contribution >= 0.6 is 0 Å². The van der Waals surface area contributed by atoms with Gasteiger partial charge in [-0.05, 0) is 226 Å². The van der Waals surface area contributed by atoms with Crippen LogP contribution in [-0.4, -0.2) is 145 Å². The fourth-order valence-corrected chi connectivity index (χ4v) is 14.9. The molecule has 28 heteroatoms. The number of hydrazone groups is 1. The number of nitrogens with two attached hydrogens (primary N) is 2. The SMILES string of the molecule is C#N.C/C=C(CCC)/C(=N/C1=C/CNC(C)=NCC=C1)c1cn[nH]c1C.C=C/C(N)=C(C=N)\C=C\N.C=Cc1nc[nH]c1/C=C/NC(/C=C/CCCC)c1cn[nH]c1C.CCCC/C=C/Cc1cn[nH]c1C.CCCc1c(-c2cn[nH]c2C)nc2c(c1C)C/C(C)=N\NC/C=C\2.Cc1[nH]ncc1C1Nc2ccc3[nH]c(N4CCOCC4)nc3c2C2=C1CCCC2. The third kappa shape index (κ3) is 28.1. The van der Waals surface area contributed by atoms with Gasteiger partial charge in [-0.1, -0.05) is 122 Å². The number of unbranched alkanes of at least 4 members (excludes halogenated alkanes) is 4. The van der Waals surface area contributed by atoms with Gasteiger partial charge in [0.25, 0.3) is 0 Å². The van der Waals surface area contributed by atoms with Crippen molar-refractivity contribution in [2.45, 2.75) is 205 Å². The average molecular weight is 1690 g/mol. The van der Waals surface area contributed by atoms with E-state index in [1.807, 2.05) is 83.1 Å². The summed E-state index contributed by atoms with van der Waals surface area (Å²) in [7, 11) is 0. The number of imidazole rings is 2. The van der Waals surface area contributed by atoms with Crippen LogP contribution in [0.25, 0.3) is 46.1 Å². The number of H-pyrrole nitrogens is 7. The van der Waals surface area contributed by atoms with Gasteiger partial charge in [0.15, 0.2) is 0 Å². The van der Waals surface area contributed by atoms with Gasteiger partial charge in [-0.25, -0.2) is 25.2 Å². The van der Waals surface area contributed by atoms with Crippen LogP contribution in [0.15, 0.2) is 185 Å². The molecule has 16 N–H and O–H groups in total. The van der Waals surface area contributed by atoms with E-state index in [2.05, 4.69) is 245 Å². The number of ether oxygens (including phenoxy) is 1. The zero-order valence-electron chi connectivity index (χ0n) is 75.7. The zero-order valence-corrected chi connectivity index (χ0v) is 75.7. The minimum atomic E-state index is 0.0944. The normalized spacial score (nSPS) is 16.7. The Morgan fingerprint density at radius 3 is 2.20 bits per heavy atom. The lowest BCUT2D eigenvalue weighted by Gasteiger charge is -2.35. The third-order valence-corrected chi connectivity index (χ3v) is 21.8. The molecule has 0 radical (unpaired) electrons. The number of hydrogen-bond donors (Lipinski definition) is 14. The van der Waals surface area contributed by atoms with Crippen molar-refractivity contribution in [3.8, 4) is 17.8 Å². The first-order valence-electron chi connectivity index (χ1n) is 43.7. The van der Waals surface area contributed by atoms with Crippen LogP contribution in [0.3, 0.4) is 0 Å². The molecule has 2 atom stereocenters. The van der Waals surface area contributed by atoms with Crippen LogP contribution in [0.2, 0.25) is 0 Å². The molecule has 0 amide bonds. The lowest BCUT2D eigenvalue weighted by Crippen LogP contribution is -2.36. The van der Waals surface area contributed by atoms with Gasteiger partial charge in [0.2, 0.25) is 5.95 Å². The first kappa shape index (κ1) is 97.2. The third-order valence-electron chi connectivity index (χ3n) is 21.8. The van der Waals surface area contributed by atoms with Gasteiger partial charge in [-0.3, -0.25) is 30.5 Å². The van der Waals surface area contributed by atoms with Crippen LogP contribution in [0, 0.1) is 58.8 Å². The molecule has 662 valence electrons. The average Bonchev–Trinajstić information content (AvgIpc) is 1.69. The Hall–Kier alpha value is -13.3. The number of aliphatic imine (C=N–C) groups is 2. The van der Waals surface area contributed by atoms with Crippen molar-refractivity contribution in [3.05, 3.63) is 260 Å². The summed E-state index contributed by atoms with van der Waals surface area (Å²) in [5, 5.41) is 64.1. The lowest BCUT2D eigenvalue weighted by atomic mass is 9.78. The van der Waals surface area contributed by atoms with Gasteiger partial charge >= 0.3 is 0 Å². The van der Waals surface area contributed by atoms with Crippen molar-refractivity contribution in [2.75, 3.05) is 56.2 Å². The van der Waals surface area contributed by atoms with Crippen molar-refractivity contribution in [2.24, 2.45) is 26.6 Å². The molecule has 125 heavy (non-hydrogen) atoms. The number of nitriles is 1.